The van der Waals surface area contributed by atoms with Crippen LogP contribution < -0.4 is 10.6 Å². The standard InChI is InChI=1S/C19H32N4O2S.HI/c1-4-17(25-12-1)6-8-21-19(22-16-18-5-2-15-26-18)20-7-3-9-23-10-13-24-14-11-23;/h1,4,12,18H,2-3,5-11,13-16H2,(H2,20,21,22);1H. The normalized spacial score (nSPS) is 21.0. The Balaban J connectivity index is 0.00000261. The molecule has 0 aliphatic carbocycles. The minimum absolute atomic E-state index is 0. The first-order valence-electron chi connectivity index (χ1n) is 9.86. The highest BCUT2D eigenvalue weighted by molar-refractivity contribution is 14.0. The Morgan fingerprint density at radius 2 is 2.11 bits per heavy atom. The molecule has 0 spiro atoms. The molecular formula is C19H33IN4O2S. The first-order valence-corrected chi connectivity index (χ1v) is 10.9. The van der Waals surface area contributed by atoms with Crippen LogP contribution >= 0.6 is 35.7 Å². The fourth-order valence-corrected chi connectivity index (χ4v) is 4.43. The predicted octanol–water partition coefficient (Wildman–Crippen LogP) is 2.59. The van der Waals surface area contributed by atoms with E-state index in [1.54, 1.807) is 6.26 Å². The Morgan fingerprint density at radius 3 is 2.85 bits per heavy atom. The summed E-state index contributed by atoms with van der Waals surface area (Å²) in [5.74, 6) is 3.23. The predicted molar refractivity (Wildman–Crippen MR) is 123 cm³/mol. The van der Waals surface area contributed by atoms with Crippen molar-refractivity contribution in [1.82, 2.24) is 15.5 Å². The summed E-state index contributed by atoms with van der Waals surface area (Å²) in [5, 5.41) is 7.65. The number of nitrogens with one attached hydrogen (secondary N) is 2. The number of morpholine rings is 1. The lowest BCUT2D eigenvalue weighted by atomic mass is 10.2. The molecule has 27 heavy (non-hydrogen) atoms. The van der Waals surface area contributed by atoms with Crippen molar-refractivity contribution in [2.75, 3.05) is 58.2 Å². The van der Waals surface area contributed by atoms with E-state index in [-0.39, 0.29) is 24.0 Å². The molecule has 1 unspecified atom stereocenters. The number of furan rings is 1. The largest absolute Gasteiger partial charge is 0.469 e. The highest BCUT2D eigenvalue weighted by Crippen LogP contribution is 2.25. The second-order valence-electron chi connectivity index (χ2n) is 6.81. The average Bonchev–Trinajstić information content (AvgIpc) is 3.37. The lowest BCUT2D eigenvalue weighted by molar-refractivity contribution is 0.0376. The Kier molecular flexibility index (Phi) is 11.6. The number of hydrogen-bond acceptors (Lipinski definition) is 5. The SMILES string of the molecule is I.c1coc(CCNC(=NCC2CCCS2)NCCCN2CCOCC2)c1. The van der Waals surface area contributed by atoms with E-state index in [0.717, 1.165) is 77.0 Å². The Labute approximate surface area is 184 Å². The van der Waals surface area contributed by atoms with Crippen molar-refractivity contribution in [1.29, 1.82) is 0 Å². The van der Waals surface area contributed by atoms with Crippen LogP contribution in [0.15, 0.2) is 27.8 Å². The van der Waals surface area contributed by atoms with E-state index in [1.165, 1.54) is 18.6 Å². The number of hydrogen-bond donors (Lipinski definition) is 2. The van der Waals surface area contributed by atoms with Crippen molar-refractivity contribution in [2.24, 2.45) is 4.99 Å². The fourth-order valence-electron chi connectivity index (χ4n) is 3.25. The molecular weight excluding hydrogens is 475 g/mol. The summed E-state index contributed by atoms with van der Waals surface area (Å²) in [6, 6.07) is 3.95. The van der Waals surface area contributed by atoms with Crippen LogP contribution in [0.25, 0.3) is 0 Å². The van der Waals surface area contributed by atoms with Crippen molar-refractivity contribution >= 4 is 41.7 Å². The van der Waals surface area contributed by atoms with Crippen LogP contribution in [0.4, 0.5) is 0 Å². The first kappa shape index (κ1) is 22.8. The van der Waals surface area contributed by atoms with E-state index < -0.39 is 0 Å². The molecule has 2 fully saturated rings. The molecule has 1 aromatic rings. The highest BCUT2D eigenvalue weighted by atomic mass is 127. The molecule has 2 saturated heterocycles. The first-order chi connectivity index (χ1) is 12.9. The Morgan fingerprint density at radius 1 is 1.26 bits per heavy atom. The zero-order chi connectivity index (χ0) is 17.9. The molecule has 3 rings (SSSR count). The van der Waals surface area contributed by atoms with Gasteiger partial charge in [-0.15, -0.1) is 24.0 Å². The number of thioether (sulfide) groups is 1. The highest BCUT2D eigenvalue weighted by Gasteiger charge is 2.15. The fraction of sp³-hybridized carbons (Fsp3) is 0.737. The van der Waals surface area contributed by atoms with E-state index in [1.807, 2.05) is 12.1 Å². The molecule has 0 radical (unpaired) electrons. The van der Waals surface area contributed by atoms with Crippen molar-refractivity contribution in [3.05, 3.63) is 24.2 Å². The third-order valence-corrected chi connectivity index (χ3v) is 6.15. The molecule has 154 valence electrons. The van der Waals surface area contributed by atoms with Gasteiger partial charge < -0.3 is 19.8 Å². The van der Waals surface area contributed by atoms with Crippen molar-refractivity contribution < 1.29 is 9.15 Å². The molecule has 0 amide bonds. The minimum atomic E-state index is 0. The number of aliphatic imine (C=N–C) groups is 1. The van der Waals surface area contributed by atoms with E-state index in [9.17, 15) is 0 Å². The van der Waals surface area contributed by atoms with Crippen LogP contribution in [0.1, 0.15) is 25.0 Å². The molecule has 6 nitrogen and oxygen atoms in total. The maximum atomic E-state index is 5.40. The molecule has 0 aromatic carbocycles. The van der Waals surface area contributed by atoms with E-state index >= 15 is 0 Å². The lowest BCUT2D eigenvalue weighted by Crippen LogP contribution is -2.41. The van der Waals surface area contributed by atoms with Gasteiger partial charge in [-0.3, -0.25) is 9.89 Å². The number of ether oxygens (including phenoxy) is 1. The van der Waals surface area contributed by atoms with Gasteiger partial charge in [0, 0.05) is 37.8 Å². The van der Waals surface area contributed by atoms with Gasteiger partial charge in [0.15, 0.2) is 5.96 Å². The molecule has 2 aliphatic rings. The summed E-state index contributed by atoms with van der Waals surface area (Å²) < 4.78 is 10.8. The van der Waals surface area contributed by atoms with Gasteiger partial charge in [0.1, 0.15) is 5.76 Å². The number of guanidine groups is 1. The molecule has 2 N–H and O–H groups in total. The number of nitrogens with zero attached hydrogens (tertiary/aromatic N) is 2. The van der Waals surface area contributed by atoms with Crippen LogP contribution in [0.2, 0.25) is 0 Å². The monoisotopic (exact) mass is 508 g/mol. The maximum absolute atomic E-state index is 5.40. The molecule has 0 bridgehead atoms. The topological polar surface area (TPSA) is 62.0 Å². The van der Waals surface area contributed by atoms with Crippen LogP contribution in [0.5, 0.6) is 0 Å². The average molecular weight is 508 g/mol. The summed E-state index contributed by atoms with van der Waals surface area (Å²) in [5.41, 5.74) is 0. The Bertz CT molecular complexity index is 518. The molecule has 3 heterocycles. The third kappa shape index (κ3) is 9.06. The van der Waals surface area contributed by atoms with E-state index in [2.05, 4.69) is 27.3 Å². The Hall–Kier alpha value is -0.450. The lowest BCUT2D eigenvalue weighted by Gasteiger charge is -2.26. The summed E-state index contributed by atoms with van der Waals surface area (Å²) >= 11 is 2.06. The number of halogens is 1. The zero-order valence-corrected chi connectivity index (χ0v) is 19.2. The van der Waals surface area contributed by atoms with Crippen LogP contribution in [0.3, 0.4) is 0 Å². The number of rotatable bonds is 9. The van der Waals surface area contributed by atoms with Crippen LogP contribution in [0, 0.1) is 0 Å². The van der Waals surface area contributed by atoms with Gasteiger partial charge in [-0.05, 0) is 43.7 Å². The van der Waals surface area contributed by atoms with Crippen LogP contribution in [-0.2, 0) is 11.2 Å². The van der Waals surface area contributed by atoms with Gasteiger partial charge >= 0.3 is 0 Å². The summed E-state index contributed by atoms with van der Waals surface area (Å²) in [7, 11) is 0. The van der Waals surface area contributed by atoms with Crippen LogP contribution in [-0.4, -0.2) is 74.3 Å². The van der Waals surface area contributed by atoms with Gasteiger partial charge in [-0.2, -0.15) is 11.8 Å². The maximum Gasteiger partial charge on any atom is 0.191 e. The minimum Gasteiger partial charge on any atom is -0.469 e. The third-order valence-electron chi connectivity index (χ3n) is 4.77. The quantitative estimate of drug-likeness (QED) is 0.232. The van der Waals surface area contributed by atoms with Gasteiger partial charge in [0.05, 0.1) is 26.0 Å². The summed E-state index contributed by atoms with van der Waals surface area (Å²) in [6.07, 6.45) is 6.35. The summed E-state index contributed by atoms with van der Waals surface area (Å²) in [6.45, 7) is 7.66. The molecule has 1 atom stereocenters. The molecule has 1 aromatic heterocycles. The smallest absolute Gasteiger partial charge is 0.191 e. The van der Waals surface area contributed by atoms with Gasteiger partial charge in [0.25, 0.3) is 0 Å². The van der Waals surface area contributed by atoms with E-state index in [4.69, 9.17) is 14.1 Å². The second-order valence-corrected chi connectivity index (χ2v) is 8.22. The van der Waals surface area contributed by atoms with Crippen molar-refractivity contribution in [2.45, 2.75) is 30.9 Å². The second kappa shape index (κ2) is 13.7. The summed E-state index contributed by atoms with van der Waals surface area (Å²) in [4.78, 5) is 7.29. The molecule has 0 saturated carbocycles. The van der Waals surface area contributed by atoms with Gasteiger partial charge in [0.2, 0.25) is 0 Å². The van der Waals surface area contributed by atoms with Crippen molar-refractivity contribution in [3.8, 4) is 0 Å². The van der Waals surface area contributed by atoms with Gasteiger partial charge in [-0.25, -0.2) is 0 Å². The molecule has 8 heteroatoms. The van der Waals surface area contributed by atoms with Gasteiger partial charge in [-0.1, -0.05) is 0 Å². The van der Waals surface area contributed by atoms with Crippen molar-refractivity contribution in [3.63, 3.8) is 0 Å². The zero-order valence-electron chi connectivity index (χ0n) is 16.0. The molecule has 2 aliphatic heterocycles. The van der Waals surface area contributed by atoms with E-state index in [0.29, 0.717) is 5.25 Å².